The minimum absolute atomic E-state index is 0.104. The Bertz CT molecular complexity index is 1010. The van der Waals surface area contributed by atoms with Gasteiger partial charge in [-0.1, -0.05) is 0 Å². The Morgan fingerprint density at radius 2 is 1.96 bits per heavy atom. The topological polar surface area (TPSA) is 84.9 Å². The molecule has 0 radical (unpaired) electrons. The highest BCUT2D eigenvalue weighted by molar-refractivity contribution is 7.86. The van der Waals surface area contributed by atoms with Crippen molar-refractivity contribution in [2.75, 3.05) is 6.26 Å². The van der Waals surface area contributed by atoms with Crippen molar-refractivity contribution in [3.05, 3.63) is 42.2 Å². The number of halogens is 3. The Kier molecular flexibility index (Phi) is 3.71. The van der Waals surface area contributed by atoms with Crippen molar-refractivity contribution in [1.29, 1.82) is 0 Å². The standard InChI is InChI=1S/C14H10F3N3O3S/c1-24(21,22)23-12-6-8(14(15,16)17)2-3-9(12)13-10-7-18-5-4-11(10)19-20-13/h2-7H,1H3,(H,19,20). The average Bonchev–Trinajstić information content (AvgIpc) is 2.88. The van der Waals surface area contributed by atoms with Crippen LogP contribution in [-0.4, -0.2) is 29.9 Å². The first-order valence-electron chi connectivity index (χ1n) is 6.54. The van der Waals surface area contributed by atoms with Crippen LogP contribution in [-0.2, 0) is 16.3 Å². The molecule has 24 heavy (non-hydrogen) atoms. The normalized spacial score (nSPS) is 12.5. The quantitative estimate of drug-likeness (QED) is 0.729. The zero-order valence-corrected chi connectivity index (χ0v) is 12.9. The number of hydrogen-bond donors (Lipinski definition) is 1. The van der Waals surface area contributed by atoms with E-state index < -0.39 is 27.6 Å². The van der Waals surface area contributed by atoms with Crippen LogP contribution in [0.1, 0.15) is 5.56 Å². The summed E-state index contributed by atoms with van der Waals surface area (Å²) >= 11 is 0. The second-order valence-corrected chi connectivity index (χ2v) is 6.56. The number of nitrogens with zero attached hydrogens (tertiary/aromatic N) is 2. The summed E-state index contributed by atoms with van der Waals surface area (Å²) in [6.07, 6.45) is -0.897. The van der Waals surface area contributed by atoms with E-state index in [1.165, 1.54) is 12.4 Å². The van der Waals surface area contributed by atoms with Gasteiger partial charge in [-0.2, -0.15) is 26.7 Å². The van der Waals surface area contributed by atoms with Crippen molar-refractivity contribution in [2.45, 2.75) is 6.18 Å². The lowest BCUT2D eigenvalue weighted by Crippen LogP contribution is -2.10. The highest BCUT2D eigenvalue weighted by atomic mass is 32.2. The van der Waals surface area contributed by atoms with E-state index in [0.29, 0.717) is 17.0 Å². The molecule has 0 unspecified atom stereocenters. The molecule has 0 aliphatic heterocycles. The Morgan fingerprint density at radius 3 is 2.62 bits per heavy atom. The molecule has 0 aliphatic rings. The average molecular weight is 357 g/mol. The van der Waals surface area contributed by atoms with Gasteiger partial charge in [0.25, 0.3) is 0 Å². The zero-order valence-electron chi connectivity index (χ0n) is 12.1. The third-order valence-electron chi connectivity index (χ3n) is 3.17. The first-order chi connectivity index (χ1) is 11.1. The van der Waals surface area contributed by atoms with Gasteiger partial charge in [0.15, 0.2) is 5.75 Å². The van der Waals surface area contributed by atoms with E-state index in [1.54, 1.807) is 6.07 Å². The molecule has 0 aliphatic carbocycles. The van der Waals surface area contributed by atoms with Gasteiger partial charge in [-0.05, 0) is 24.3 Å². The van der Waals surface area contributed by atoms with Crippen LogP contribution in [0.5, 0.6) is 5.75 Å². The maximum atomic E-state index is 12.9. The van der Waals surface area contributed by atoms with Crippen molar-refractivity contribution in [1.82, 2.24) is 15.2 Å². The Balaban J connectivity index is 2.23. The molecule has 3 aromatic rings. The molecule has 6 nitrogen and oxygen atoms in total. The lowest BCUT2D eigenvalue weighted by atomic mass is 10.1. The third kappa shape index (κ3) is 3.18. The fraction of sp³-hybridized carbons (Fsp3) is 0.143. The van der Waals surface area contributed by atoms with Gasteiger partial charge in [0.05, 0.1) is 17.3 Å². The molecule has 3 rings (SSSR count). The smallest absolute Gasteiger partial charge is 0.382 e. The number of H-pyrrole nitrogens is 1. The van der Waals surface area contributed by atoms with Crippen molar-refractivity contribution in [3.8, 4) is 17.0 Å². The molecule has 0 amide bonds. The van der Waals surface area contributed by atoms with Gasteiger partial charge < -0.3 is 4.18 Å². The van der Waals surface area contributed by atoms with Gasteiger partial charge in [0, 0.05) is 23.3 Å². The first kappa shape index (κ1) is 16.2. The predicted molar refractivity (Wildman–Crippen MR) is 79.8 cm³/mol. The molecule has 0 atom stereocenters. The number of aromatic amines is 1. The fourth-order valence-electron chi connectivity index (χ4n) is 2.19. The summed E-state index contributed by atoms with van der Waals surface area (Å²) in [5.41, 5.74) is -0.0776. The first-order valence-corrected chi connectivity index (χ1v) is 8.36. The van der Waals surface area contributed by atoms with Crippen LogP contribution in [0.2, 0.25) is 0 Å². The summed E-state index contributed by atoms with van der Waals surface area (Å²) < 4.78 is 66.2. The van der Waals surface area contributed by atoms with E-state index in [0.717, 1.165) is 18.4 Å². The Morgan fingerprint density at radius 1 is 1.21 bits per heavy atom. The van der Waals surface area contributed by atoms with Crippen LogP contribution in [0.15, 0.2) is 36.7 Å². The summed E-state index contributed by atoms with van der Waals surface area (Å²) in [5.74, 6) is -0.454. The number of rotatable bonds is 3. The number of fused-ring (bicyclic) bond motifs is 1. The summed E-state index contributed by atoms with van der Waals surface area (Å²) in [6, 6.07) is 4.22. The number of aromatic nitrogens is 3. The van der Waals surface area contributed by atoms with Crippen molar-refractivity contribution in [2.24, 2.45) is 0 Å². The molecule has 126 valence electrons. The van der Waals surface area contributed by atoms with E-state index >= 15 is 0 Å². The lowest BCUT2D eigenvalue weighted by Gasteiger charge is -2.12. The van der Waals surface area contributed by atoms with E-state index in [2.05, 4.69) is 15.2 Å². The summed E-state index contributed by atoms with van der Waals surface area (Å²) in [7, 11) is -4.03. The number of hydrogen-bond acceptors (Lipinski definition) is 5. The van der Waals surface area contributed by atoms with Crippen LogP contribution in [0.4, 0.5) is 13.2 Å². The monoisotopic (exact) mass is 357 g/mol. The molecule has 1 aromatic carbocycles. The molecular formula is C14H10F3N3O3S. The van der Waals surface area contributed by atoms with Gasteiger partial charge in [-0.15, -0.1) is 0 Å². The second kappa shape index (κ2) is 5.48. The van der Waals surface area contributed by atoms with E-state index in [4.69, 9.17) is 4.18 Å². The number of alkyl halides is 3. The number of pyridine rings is 1. The van der Waals surface area contributed by atoms with Crippen LogP contribution < -0.4 is 4.18 Å². The summed E-state index contributed by atoms with van der Waals surface area (Å²) in [5, 5.41) is 7.26. The fourth-order valence-corrected chi connectivity index (χ4v) is 2.65. The zero-order chi connectivity index (χ0) is 17.5. The van der Waals surface area contributed by atoms with Gasteiger partial charge >= 0.3 is 16.3 Å². The van der Waals surface area contributed by atoms with Gasteiger partial charge in [0.2, 0.25) is 0 Å². The molecule has 2 heterocycles. The largest absolute Gasteiger partial charge is 0.416 e. The van der Waals surface area contributed by atoms with E-state index in [9.17, 15) is 21.6 Å². The lowest BCUT2D eigenvalue weighted by molar-refractivity contribution is -0.137. The van der Waals surface area contributed by atoms with Gasteiger partial charge in [0.1, 0.15) is 5.69 Å². The van der Waals surface area contributed by atoms with Crippen molar-refractivity contribution >= 4 is 21.0 Å². The summed E-state index contributed by atoms with van der Waals surface area (Å²) in [4.78, 5) is 3.93. The van der Waals surface area contributed by atoms with Crippen LogP contribution in [0, 0.1) is 0 Å². The van der Waals surface area contributed by atoms with Gasteiger partial charge in [-0.3, -0.25) is 10.1 Å². The Hall–Kier alpha value is -2.62. The van der Waals surface area contributed by atoms with Crippen LogP contribution in [0.25, 0.3) is 22.2 Å². The number of nitrogens with one attached hydrogen (secondary N) is 1. The third-order valence-corrected chi connectivity index (χ3v) is 3.65. The molecule has 2 aromatic heterocycles. The highest BCUT2D eigenvalue weighted by Crippen LogP contribution is 2.38. The molecule has 0 bridgehead atoms. The minimum atomic E-state index is -4.64. The predicted octanol–water partition coefficient (Wildman–Crippen LogP) is 2.98. The molecule has 0 fully saturated rings. The maximum Gasteiger partial charge on any atom is 0.416 e. The highest BCUT2D eigenvalue weighted by Gasteiger charge is 2.32. The minimum Gasteiger partial charge on any atom is -0.382 e. The van der Waals surface area contributed by atoms with Crippen molar-refractivity contribution < 1.29 is 25.8 Å². The van der Waals surface area contributed by atoms with Crippen LogP contribution >= 0.6 is 0 Å². The van der Waals surface area contributed by atoms with E-state index in [-0.39, 0.29) is 11.3 Å². The maximum absolute atomic E-state index is 12.9. The SMILES string of the molecule is CS(=O)(=O)Oc1cc(C(F)(F)F)ccc1-c1n[nH]c2ccncc12. The van der Waals surface area contributed by atoms with Gasteiger partial charge in [-0.25, -0.2) is 0 Å². The molecule has 1 N–H and O–H groups in total. The molecule has 0 saturated carbocycles. The van der Waals surface area contributed by atoms with E-state index in [1.807, 2.05) is 0 Å². The van der Waals surface area contributed by atoms with Crippen LogP contribution in [0.3, 0.4) is 0 Å². The Labute approximate surface area is 134 Å². The van der Waals surface area contributed by atoms with Crippen molar-refractivity contribution in [3.63, 3.8) is 0 Å². The second-order valence-electron chi connectivity index (χ2n) is 4.99. The molecule has 0 saturated heterocycles. The number of benzene rings is 1. The molecule has 10 heteroatoms. The summed E-state index contributed by atoms with van der Waals surface area (Å²) in [6.45, 7) is 0. The molecular weight excluding hydrogens is 347 g/mol. The molecule has 0 spiro atoms.